The lowest BCUT2D eigenvalue weighted by atomic mass is 9.86. The predicted octanol–water partition coefficient (Wildman–Crippen LogP) is 3.17. The lowest BCUT2D eigenvalue weighted by molar-refractivity contribution is -0.132. The summed E-state index contributed by atoms with van der Waals surface area (Å²) in [4.78, 5) is 10.6. The van der Waals surface area contributed by atoms with Crippen LogP contribution >= 0.6 is 0 Å². The summed E-state index contributed by atoms with van der Waals surface area (Å²) in [5.41, 5.74) is 2.59. The Morgan fingerprint density at radius 2 is 1.75 bits per heavy atom. The first-order valence-corrected chi connectivity index (χ1v) is 5.31. The van der Waals surface area contributed by atoms with Crippen LogP contribution < -0.4 is 0 Å². The van der Waals surface area contributed by atoms with E-state index in [4.69, 9.17) is 5.11 Å². The van der Waals surface area contributed by atoms with Crippen molar-refractivity contribution >= 4 is 5.97 Å². The van der Waals surface area contributed by atoms with E-state index in [-0.39, 0.29) is 11.0 Å². The van der Waals surface area contributed by atoms with Crippen molar-refractivity contribution in [2.75, 3.05) is 0 Å². The smallest absolute Gasteiger partial charge is 0.331 e. The van der Waals surface area contributed by atoms with Crippen molar-refractivity contribution in [1.29, 1.82) is 0 Å². The fourth-order valence-electron chi connectivity index (χ4n) is 1.44. The van der Waals surface area contributed by atoms with Gasteiger partial charge < -0.3 is 5.11 Å². The quantitative estimate of drug-likeness (QED) is 0.791. The van der Waals surface area contributed by atoms with Crippen LogP contribution in [0, 0.1) is 0 Å². The summed E-state index contributed by atoms with van der Waals surface area (Å²) in [6.45, 7) is 9.97. The van der Waals surface area contributed by atoms with Crippen molar-refractivity contribution in [2.45, 2.75) is 32.6 Å². The fraction of sp³-hybridized carbons (Fsp3) is 0.357. The van der Waals surface area contributed by atoms with E-state index in [9.17, 15) is 4.79 Å². The van der Waals surface area contributed by atoms with Gasteiger partial charge in [0.1, 0.15) is 0 Å². The molecule has 0 amide bonds. The van der Waals surface area contributed by atoms with E-state index in [0.717, 1.165) is 5.56 Å². The van der Waals surface area contributed by atoms with Crippen molar-refractivity contribution in [3.05, 3.63) is 47.5 Å². The van der Waals surface area contributed by atoms with Crippen LogP contribution in [0.25, 0.3) is 0 Å². The average molecular weight is 218 g/mol. The van der Waals surface area contributed by atoms with Gasteiger partial charge in [0.2, 0.25) is 0 Å². The highest BCUT2D eigenvalue weighted by Gasteiger charge is 2.13. The molecule has 0 aliphatic carbocycles. The van der Waals surface area contributed by atoms with E-state index in [0.29, 0.717) is 6.42 Å². The number of benzene rings is 1. The molecule has 2 heteroatoms. The minimum Gasteiger partial charge on any atom is -0.478 e. The van der Waals surface area contributed by atoms with Gasteiger partial charge in [-0.2, -0.15) is 0 Å². The Balaban J connectivity index is 2.80. The van der Waals surface area contributed by atoms with Gasteiger partial charge >= 0.3 is 5.97 Å². The van der Waals surface area contributed by atoms with Crippen molar-refractivity contribution < 1.29 is 9.90 Å². The molecule has 0 heterocycles. The molecule has 0 bridgehead atoms. The Morgan fingerprint density at radius 1 is 1.25 bits per heavy atom. The molecule has 0 unspecified atom stereocenters. The van der Waals surface area contributed by atoms with E-state index >= 15 is 0 Å². The van der Waals surface area contributed by atoms with Gasteiger partial charge in [0.15, 0.2) is 0 Å². The van der Waals surface area contributed by atoms with Gasteiger partial charge in [-0.1, -0.05) is 51.6 Å². The molecule has 0 fully saturated rings. The zero-order valence-corrected chi connectivity index (χ0v) is 10.1. The Labute approximate surface area is 96.6 Å². The molecule has 1 N–H and O–H groups in total. The lowest BCUT2D eigenvalue weighted by Gasteiger charge is -2.19. The van der Waals surface area contributed by atoms with E-state index in [1.807, 2.05) is 24.3 Å². The Bertz CT molecular complexity index is 394. The summed E-state index contributed by atoms with van der Waals surface area (Å²) in [6.07, 6.45) is 0.403. The second-order valence-corrected chi connectivity index (χ2v) is 5.03. The number of carbonyl (C=O) groups is 1. The van der Waals surface area contributed by atoms with Crippen LogP contribution in [-0.4, -0.2) is 11.1 Å². The average Bonchev–Trinajstić information content (AvgIpc) is 2.17. The van der Waals surface area contributed by atoms with Crippen molar-refractivity contribution in [1.82, 2.24) is 0 Å². The maximum Gasteiger partial charge on any atom is 0.331 e. The highest BCUT2D eigenvalue weighted by atomic mass is 16.4. The van der Waals surface area contributed by atoms with Crippen molar-refractivity contribution in [2.24, 2.45) is 0 Å². The van der Waals surface area contributed by atoms with Crippen LogP contribution in [0.3, 0.4) is 0 Å². The third kappa shape index (κ3) is 3.23. The van der Waals surface area contributed by atoms with Crippen LogP contribution in [0.4, 0.5) is 0 Å². The molecule has 0 saturated heterocycles. The number of rotatable bonds is 3. The third-order valence-corrected chi connectivity index (χ3v) is 2.54. The molecule has 0 aromatic heterocycles. The summed E-state index contributed by atoms with van der Waals surface area (Å²) in [5.74, 6) is -0.931. The summed E-state index contributed by atoms with van der Waals surface area (Å²) in [5, 5.41) is 8.73. The molecule has 0 saturated carbocycles. The molecular formula is C14H18O2. The Morgan fingerprint density at radius 3 is 2.12 bits per heavy atom. The monoisotopic (exact) mass is 218 g/mol. The van der Waals surface area contributed by atoms with Crippen LogP contribution in [-0.2, 0) is 16.6 Å². The maximum absolute atomic E-state index is 10.6. The molecule has 1 aromatic rings. The zero-order chi connectivity index (χ0) is 12.3. The summed E-state index contributed by atoms with van der Waals surface area (Å²) >= 11 is 0. The van der Waals surface area contributed by atoms with Crippen LogP contribution in [0.1, 0.15) is 31.9 Å². The topological polar surface area (TPSA) is 37.3 Å². The third-order valence-electron chi connectivity index (χ3n) is 2.54. The second-order valence-electron chi connectivity index (χ2n) is 5.03. The minimum atomic E-state index is -0.931. The second kappa shape index (κ2) is 4.52. The molecule has 2 nitrogen and oxygen atoms in total. The normalized spacial score (nSPS) is 11.2. The standard InChI is InChI=1S/C14H18O2/c1-10(13(15)16)9-11-5-7-12(8-6-11)14(2,3)4/h5-8H,1,9H2,2-4H3,(H,15,16). The highest BCUT2D eigenvalue weighted by Crippen LogP contribution is 2.22. The van der Waals surface area contributed by atoms with Crippen LogP contribution in [0.2, 0.25) is 0 Å². The van der Waals surface area contributed by atoms with Gasteiger partial charge in [0.25, 0.3) is 0 Å². The van der Waals surface area contributed by atoms with Gasteiger partial charge in [-0.05, 0) is 16.5 Å². The molecule has 86 valence electrons. The minimum absolute atomic E-state index is 0.127. The maximum atomic E-state index is 10.6. The van der Waals surface area contributed by atoms with Crippen LogP contribution in [0.5, 0.6) is 0 Å². The molecule has 1 rings (SSSR count). The molecule has 0 radical (unpaired) electrons. The first-order chi connectivity index (χ1) is 7.30. The number of carboxylic acids is 1. The van der Waals surface area contributed by atoms with Gasteiger partial charge in [-0.15, -0.1) is 0 Å². The van der Waals surface area contributed by atoms with E-state index in [1.165, 1.54) is 5.56 Å². The van der Waals surface area contributed by atoms with Gasteiger partial charge in [0.05, 0.1) is 0 Å². The first-order valence-electron chi connectivity index (χ1n) is 5.31. The molecule has 0 aliphatic rings. The van der Waals surface area contributed by atoms with Crippen molar-refractivity contribution in [3.8, 4) is 0 Å². The predicted molar refractivity (Wildman–Crippen MR) is 65.6 cm³/mol. The molecule has 0 aliphatic heterocycles. The highest BCUT2D eigenvalue weighted by molar-refractivity contribution is 5.86. The molecule has 16 heavy (non-hydrogen) atoms. The lowest BCUT2D eigenvalue weighted by Crippen LogP contribution is -2.11. The summed E-state index contributed by atoms with van der Waals surface area (Å²) < 4.78 is 0. The van der Waals surface area contributed by atoms with Crippen LogP contribution in [0.15, 0.2) is 36.4 Å². The zero-order valence-electron chi connectivity index (χ0n) is 10.1. The van der Waals surface area contributed by atoms with Gasteiger partial charge in [-0.3, -0.25) is 0 Å². The first kappa shape index (κ1) is 12.5. The van der Waals surface area contributed by atoms with Gasteiger partial charge in [0, 0.05) is 12.0 Å². The molecule has 0 spiro atoms. The number of hydrogen-bond acceptors (Lipinski definition) is 1. The molecule has 1 aromatic carbocycles. The number of carboxylic acid groups (broad SMARTS) is 1. The molecule has 0 atom stereocenters. The number of aliphatic carboxylic acids is 1. The summed E-state index contributed by atoms with van der Waals surface area (Å²) in [6, 6.07) is 8.03. The Hall–Kier alpha value is -1.57. The SMILES string of the molecule is C=C(Cc1ccc(C(C)(C)C)cc1)C(=O)O. The van der Waals surface area contributed by atoms with E-state index in [2.05, 4.69) is 27.4 Å². The van der Waals surface area contributed by atoms with E-state index < -0.39 is 5.97 Å². The fourth-order valence-corrected chi connectivity index (χ4v) is 1.44. The van der Waals surface area contributed by atoms with Crippen molar-refractivity contribution in [3.63, 3.8) is 0 Å². The Kier molecular flexibility index (Phi) is 3.53. The van der Waals surface area contributed by atoms with E-state index in [1.54, 1.807) is 0 Å². The molecular weight excluding hydrogens is 200 g/mol. The number of hydrogen-bond donors (Lipinski definition) is 1. The summed E-state index contributed by atoms with van der Waals surface area (Å²) in [7, 11) is 0. The van der Waals surface area contributed by atoms with Gasteiger partial charge in [-0.25, -0.2) is 4.79 Å². The largest absolute Gasteiger partial charge is 0.478 e.